The molecule has 18 heavy (non-hydrogen) atoms. The third-order valence-corrected chi connectivity index (χ3v) is 2.71. The predicted molar refractivity (Wildman–Crippen MR) is 70.6 cm³/mol. The molecule has 1 aromatic carbocycles. The van der Waals surface area contributed by atoms with Crippen LogP contribution in [-0.4, -0.2) is 23.3 Å². The van der Waals surface area contributed by atoms with Crippen LogP contribution in [0, 0.1) is 12.8 Å². The molecular formula is C14H20N2O2. The first kappa shape index (κ1) is 14.2. The Kier molecular flexibility index (Phi) is 4.89. The number of carbonyl (C=O) groups excluding carboxylic acids is 2. The van der Waals surface area contributed by atoms with Crippen molar-refractivity contribution in [2.24, 2.45) is 11.7 Å². The fourth-order valence-corrected chi connectivity index (χ4v) is 1.81. The summed E-state index contributed by atoms with van der Waals surface area (Å²) in [5.74, 6) is -1.23. The van der Waals surface area contributed by atoms with Crippen LogP contribution in [0.2, 0.25) is 0 Å². The molecule has 1 aromatic rings. The van der Waals surface area contributed by atoms with Gasteiger partial charge in [0, 0.05) is 13.1 Å². The molecule has 0 spiro atoms. The van der Waals surface area contributed by atoms with Crippen LogP contribution in [0.25, 0.3) is 0 Å². The molecule has 0 atom stereocenters. The lowest BCUT2D eigenvalue weighted by molar-refractivity contribution is -0.144. The molecule has 0 aliphatic heterocycles. The maximum atomic E-state index is 11.7. The van der Waals surface area contributed by atoms with E-state index in [0.29, 0.717) is 13.1 Å². The van der Waals surface area contributed by atoms with E-state index in [1.807, 2.05) is 45.0 Å². The number of hydrogen-bond acceptors (Lipinski definition) is 2. The number of benzene rings is 1. The van der Waals surface area contributed by atoms with E-state index in [1.54, 1.807) is 0 Å². The topological polar surface area (TPSA) is 63.4 Å². The zero-order valence-electron chi connectivity index (χ0n) is 11.1. The number of hydrogen-bond donors (Lipinski definition) is 1. The number of nitrogens with zero attached hydrogens (tertiary/aromatic N) is 1. The number of rotatable bonds is 4. The average molecular weight is 248 g/mol. The van der Waals surface area contributed by atoms with Crippen LogP contribution >= 0.6 is 0 Å². The van der Waals surface area contributed by atoms with Gasteiger partial charge in [-0.25, -0.2) is 0 Å². The Labute approximate surface area is 108 Å². The van der Waals surface area contributed by atoms with Crippen LogP contribution in [0.5, 0.6) is 0 Å². The second-order valence-electron chi connectivity index (χ2n) is 4.87. The van der Waals surface area contributed by atoms with E-state index in [0.717, 1.165) is 11.1 Å². The van der Waals surface area contributed by atoms with Gasteiger partial charge in [0.1, 0.15) is 0 Å². The van der Waals surface area contributed by atoms with Gasteiger partial charge in [-0.2, -0.15) is 0 Å². The minimum atomic E-state index is -0.899. The summed E-state index contributed by atoms with van der Waals surface area (Å²) in [7, 11) is 0. The Morgan fingerprint density at radius 3 is 2.39 bits per heavy atom. The molecule has 0 radical (unpaired) electrons. The van der Waals surface area contributed by atoms with Crippen molar-refractivity contribution in [3.63, 3.8) is 0 Å². The van der Waals surface area contributed by atoms with Gasteiger partial charge in [-0.3, -0.25) is 9.59 Å². The standard InChI is InChI=1S/C14H20N2O2/c1-10(2)8-16(14(18)13(15)17)9-12-7-5-4-6-11(12)3/h4-7,10H,8-9H2,1-3H3,(H2,15,17). The molecule has 0 saturated heterocycles. The molecule has 1 rings (SSSR count). The Bertz CT molecular complexity index is 441. The van der Waals surface area contributed by atoms with Crippen LogP contribution in [-0.2, 0) is 16.1 Å². The highest BCUT2D eigenvalue weighted by Crippen LogP contribution is 2.12. The lowest BCUT2D eigenvalue weighted by atomic mass is 10.1. The molecular weight excluding hydrogens is 228 g/mol. The van der Waals surface area contributed by atoms with Gasteiger partial charge >= 0.3 is 11.8 Å². The Morgan fingerprint density at radius 1 is 1.28 bits per heavy atom. The van der Waals surface area contributed by atoms with Crippen molar-refractivity contribution in [1.29, 1.82) is 0 Å². The minimum absolute atomic E-state index is 0.289. The summed E-state index contributed by atoms with van der Waals surface area (Å²) >= 11 is 0. The molecule has 0 heterocycles. The van der Waals surface area contributed by atoms with Gasteiger partial charge in [-0.1, -0.05) is 38.1 Å². The quantitative estimate of drug-likeness (QED) is 0.820. The number of carbonyl (C=O) groups is 2. The molecule has 0 aromatic heterocycles. The van der Waals surface area contributed by atoms with E-state index in [4.69, 9.17) is 5.73 Å². The van der Waals surface area contributed by atoms with Crippen molar-refractivity contribution in [1.82, 2.24) is 4.90 Å². The highest BCUT2D eigenvalue weighted by Gasteiger charge is 2.20. The lowest BCUT2D eigenvalue weighted by Gasteiger charge is -2.24. The summed E-state index contributed by atoms with van der Waals surface area (Å²) in [5.41, 5.74) is 7.21. The second kappa shape index (κ2) is 6.19. The fraction of sp³-hybridized carbons (Fsp3) is 0.429. The summed E-state index contributed by atoms with van der Waals surface area (Å²) in [6.45, 7) is 6.93. The van der Waals surface area contributed by atoms with Gasteiger partial charge in [0.2, 0.25) is 0 Å². The average Bonchev–Trinajstić information content (AvgIpc) is 2.29. The van der Waals surface area contributed by atoms with Gasteiger partial charge in [-0.15, -0.1) is 0 Å². The summed E-state index contributed by atoms with van der Waals surface area (Å²) in [4.78, 5) is 24.3. The maximum absolute atomic E-state index is 11.7. The number of primary amides is 1. The Hall–Kier alpha value is -1.84. The molecule has 0 saturated carbocycles. The number of amides is 2. The SMILES string of the molecule is Cc1ccccc1CN(CC(C)C)C(=O)C(N)=O. The molecule has 0 aliphatic rings. The fourth-order valence-electron chi connectivity index (χ4n) is 1.81. The van der Waals surface area contributed by atoms with Crippen molar-refractivity contribution in [3.05, 3.63) is 35.4 Å². The predicted octanol–water partition coefficient (Wildman–Crippen LogP) is 1.46. The highest BCUT2D eigenvalue weighted by molar-refractivity contribution is 6.34. The minimum Gasteiger partial charge on any atom is -0.361 e. The Morgan fingerprint density at radius 2 is 1.89 bits per heavy atom. The third kappa shape index (κ3) is 3.87. The van der Waals surface area contributed by atoms with E-state index < -0.39 is 11.8 Å². The largest absolute Gasteiger partial charge is 0.361 e. The molecule has 98 valence electrons. The third-order valence-electron chi connectivity index (χ3n) is 2.71. The van der Waals surface area contributed by atoms with Crippen molar-refractivity contribution < 1.29 is 9.59 Å². The molecule has 4 heteroatoms. The molecule has 0 bridgehead atoms. The van der Waals surface area contributed by atoms with Gasteiger partial charge in [0.25, 0.3) is 0 Å². The first-order chi connectivity index (χ1) is 8.41. The van der Waals surface area contributed by atoms with Crippen molar-refractivity contribution >= 4 is 11.8 Å². The van der Waals surface area contributed by atoms with E-state index in [9.17, 15) is 9.59 Å². The number of nitrogens with two attached hydrogens (primary N) is 1. The zero-order valence-corrected chi connectivity index (χ0v) is 11.1. The lowest BCUT2D eigenvalue weighted by Crippen LogP contribution is -2.41. The van der Waals surface area contributed by atoms with E-state index in [1.165, 1.54) is 4.90 Å². The normalized spacial score (nSPS) is 10.4. The molecule has 2 N–H and O–H groups in total. The summed E-state index contributed by atoms with van der Waals surface area (Å²) in [6.07, 6.45) is 0. The molecule has 4 nitrogen and oxygen atoms in total. The monoisotopic (exact) mass is 248 g/mol. The zero-order chi connectivity index (χ0) is 13.7. The van der Waals surface area contributed by atoms with Crippen LogP contribution in [0.4, 0.5) is 0 Å². The van der Waals surface area contributed by atoms with Crippen LogP contribution < -0.4 is 5.73 Å². The highest BCUT2D eigenvalue weighted by atomic mass is 16.2. The summed E-state index contributed by atoms with van der Waals surface area (Å²) in [5, 5.41) is 0. The summed E-state index contributed by atoms with van der Waals surface area (Å²) in [6, 6.07) is 7.81. The van der Waals surface area contributed by atoms with Gasteiger partial charge in [-0.05, 0) is 24.0 Å². The van der Waals surface area contributed by atoms with E-state index in [2.05, 4.69) is 0 Å². The van der Waals surface area contributed by atoms with Crippen LogP contribution in [0.1, 0.15) is 25.0 Å². The summed E-state index contributed by atoms with van der Waals surface area (Å²) < 4.78 is 0. The van der Waals surface area contributed by atoms with Crippen molar-refractivity contribution in [2.75, 3.05) is 6.54 Å². The van der Waals surface area contributed by atoms with Crippen LogP contribution in [0.15, 0.2) is 24.3 Å². The van der Waals surface area contributed by atoms with Crippen molar-refractivity contribution in [2.45, 2.75) is 27.3 Å². The molecule has 0 fully saturated rings. The van der Waals surface area contributed by atoms with E-state index in [-0.39, 0.29) is 5.92 Å². The second-order valence-corrected chi connectivity index (χ2v) is 4.87. The Balaban J connectivity index is 2.88. The maximum Gasteiger partial charge on any atom is 0.311 e. The molecule has 2 amide bonds. The van der Waals surface area contributed by atoms with Gasteiger partial charge in [0.15, 0.2) is 0 Å². The number of aryl methyl sites for hydroxylation is 1. The molecule has 0 unspecified atom stereocenters. The van der Waals surface area contributed by atoms with Gasteiger partial charge in [0.05, 0.1) is 0 Å². The molecule has 0 aliphatic carbocycles. The first-order valence-electron chi connectivity index (χ1n) is 6.05. The van der Waals surface area contributed by atoms with Crippen LogP contribution in [0.3, 0.4) is 0 Å². The van der Waals surface area contributed by atoms with Gasteiger partial charge < -0.3 is 10.6 Å². The van der Waals surface area contributed by atoms with E-state index >= 15 is 0 Å². The smallest absolute Gasteiger partial charge is 0.311 e. The van der Waals surface area contributed by atoms with Crippen molar-refractivity contribution in [3.8, 4) is 0 Å². The first-order valence-corrected chi connectivity index (χ1v) is 6.05.